The maximum absolute atomic E-state index is 13.1. The van der Waals surface area contributed by atoms with Crippen molar-refractivity contribution in [2.75, 3.05) is 23.7 Å². The Kier molecular flexibility index (Phi) is 7.53. The van der Waals surface area contributed by atoms with Crippen LogP contribution in [0.1, 0.15) is 29.7 Å². The molecule has 7 heteroatoms. The highest BCUT2D eigenvalue weighted by Gasteiger charge is 2.24. The van der Waals surface area contributed by atoms with Crippen molar-refractivity contribution in [3.8, 4) is 5.75 Å². The zero-order valence-electron chi connectivity index (χ0n) is 18.5. The lowest BCUT2D eigenvalue weighted by molar-refractivity contribution is -0.120. The van der Waals surface area contributed by atoms with Gasteiger partial charge in [0.25, 0.3) is 0 Å². The monoisotopic (exact) mass is 452 g/mol. The van der Waals surface area contributed by atoms with Crippen molar-refractivity contribution in [3.05, 3.63) is 95.6 Å². The molecule has 1 amide bonds. The molecule has 3 aromatic rings. The molecule has 0 spiro atoms. The lowest BCUT2D eigenvalue weighted by Crippen LogP contribution is -2.41. The summed E-state index contributed by atoms with van der Waals surface area (Å²) in [4.78, 5) is 13.1. The van der Waals surface area contributed by atoms with Gasteiger partial charge in [-0.05, 0) is 37.1 Å². The van der Waals surface area contributed by atoms with E-state index in [9.17, 15) is 13.2 Å². The molecule has 0 aliphatic heterocycles. The number of amides is 1. The Bertz CT molecular complexity index is 1160. The summed E-state index contributed by atoms with van der Waals surface area (Å²) in [7, 11) is -3.70. The number of sulfonamides is 1. The van der Waals surface area contributed by atoms with Crippen molar-refractivity contribution in [3.63, 3.8) is 0 Å². The largest absolute Gasteiger partial charge is 0.494 e. The molecule has 32 heavy (non-hydrogen) atoms. The molecule has 0 bridgehead atoms. The number of anilines is 1. The molecule has 0 aromatic heterocycles. The quantitative estimate of drug-likeness (QED) is 0.531. The number of ether oxygens (including phenoxy) is 1. The van der Waals surface area contributed by atoms with Crippen LogP contribution < -0.4 is 14.4 Å². The average molecular weight is 453 g/mol. The summed E-state index contributed by atoms with van der Waals surface area (Å²) in [6, 6.07) is 23.8. The highest BCUT2D eigenvalue weighted by molar-refractivity contribution is 7.92. The zero-order chi connectivity index (χ0) is 23.1. The molecule has 0 aliphatic carbocycles. The van der Waals surface area contributed by atoms with Crippen LogP contribution in [0.2, 0.25) is 0 Å². The number of carbonyl (C=O) groups is 1. The van der Waals surface area contributed by atoms with Gasteiger partial charge in [0, 0.05) is 6.07 Å². The van der Waals surface area contributed by atoms with Crippen molar-refractivity contribution >= 4 is 21.6 Å². The van der Waals surface area contributed by atoms with Gasteiger partial charge >= 0.3 is 0 Å². The van der Waals surface area contributed by atoms with Crippen molar-refractivity contribution in [2.24, 2.45) is 0 Å². The fraction of sp³-hybridized carbons (Fsp3) is 0.240. The molecule has 0 aliphatic rings. The number of hydrogen-bond acceptors (Lipinski definition) is 4. The minimum atomic E-state index is -3.70. The third-order valence-corrected chi connectivity index (χ3v) is 6.06. The maximum atomic E-state index is 13.1. The Balaban J connectivity index is 1.88. The van der Waals surface area contributed by atoms with Crippen molar-refractivity contribution in [1.29, 1.82) is 0 Å². The molecule has 0 saturated heterocycles. The number of nitrogens with one attached hydrogen (secondary N) is 1. The van der Waals surface area contributed by atoms with Crippen LogP contribution in [-0.4, -0.2) is 33.7 Å². The predicted octanol–water partition coefficient (Wildman–Crippen LogP) is 4.07. The van der Waals surface area contributed by atoms with Gasteiger partial charge in [0.2, 0.25) is 15.9 Å². The number of carbonyl (C=O) groups excluding carboxylic acids is 1. The van der Waals surface area contributed by atoms with E-state index in [1.807, 2.05) is 68.4 Å². The van der Waals surface area contributed by atoms with Crippen LogP contribution in [0.15, 0.2) is 78.9 Å². The molecule has 3 rings (SSSR count). The van der Waals surface area contributed by atoms with Gasteiger partial charge in [-0.2, -0.15) is 0 Å². The fourth-order valence-electron chi connectivity index (χ4n) is 3.49. The number of rotatable bonds is 9. The SMILES string of the molecule is CCOc1cccc(N(CC(=O)NC(c2ccccc2)c2cccc(C)c2)S(C)(=O)=O)c1. The first-order chi connectivity index (χ1) is 15.3. The van der Waals surface area contributed by atoms with Crippen molar-refractivity contribution < 1.29 is 17.9 Å². The van der Waals surface area contributed by atoms with E-state index in [0.29, 0.717) is 18.0 Å². The molecule has 3 aromatic carbocycles. The molecule has 1 N–H and O–H groups in total. The van der Waals surface area contributed by atoms with E-state index >= 15 is 0 Å². The first-order valence-electron chi connectivity index (χ1n) is 10.4. The van der Waals surface area contributed by atoms with Gasteiger partial charge in [-0.25, -0.2) is 8.42 Å². The minimum Gasteiger partial charge on any atom is -0.494 e. The Labute approximate surface area is 189 Å². The second-order valence-corrected chi connectivity index (χ2v) is 9.43. The van der Waals surface area contributed by atoms with Gasteiger partial charge in [-0.1, -0.05) is 66.2 Å². The summed E-state index contributed by atoms with van der Waals surface area (Å²) in [5.74, 6) is 0.133. The summed E-state index contributed by atoms with van der Waals surface area (Å²) in [5, 5.41) is 3.01. The van der Waals surface area contributed by atoms with Crippen LogP contribution in [-0.2, 0) is 14.8 Å². The Morgan fingerprint density at radius 2 is 1.66 bits per heavy atom. The second-order valence-electron chi connectivity index (χ2n) is 7.53. The first-order valence-corrected chi connectivity index (χ1v) is 12.2. The highest BCUT2D eigenvalue weighted by Crippen LogP contribution is 2.25. The van der Waals surface area contributed by atoms with Crippen molar-refractivity contribution in [2.45, 2.75) is 19.9 Å². The zero-order valence-corrected chi connectivity index (χ0v) is 19.3. The lowest BCUT2D eigenvalue weighted by atomic mass is 9.97. The normalized spacial score (nSPS) is 12.1. The summed E-state index contributed by atoms with van der Waals surface area (Å²) in [6.45, 7) is 3.95. The van der Waals surface area contributed by atoms with Gasteiger partial charge < -0.3 is 10.1 Å². The van der Waals surface area contributed by atoms with E-state index < -0.39 is 22.0 Å². The van der Waals surface area contributed by atoms with E-state index in [-0.39, 0.29) is 6.54 Å². The van der Waals surface area contributed by atoms with Gasteiger partial charge in [0.1, 0.15) is 12.3 Å². The third kappa shape index (κ3) is 6.11. The van der Waals surface area contributed by atoms with Crippen LogP contribution in [0.3, 0.4) is 0 Å². The first kappa shape index (κ1) is 23.3. The summed E-state index contributed by atoms with van der Waals surface area (Å²) in [6.07, 6.45) is 1.09. The molecule has 0 radical (unpaired) electrons. The van der Waals surface area contributed by atoms with E-state index in [4.69, 9.17) is 4.74 Å². The van der Waals surface area contributed by atoms with Crippen LogP contribution in [0.5, 0.6) is 5.75 Å². The molecule has 0 fully saturated rings. The van der Waals surface area contributed by atoms with Crippen LogP contribution in [0.25, 0.3) is 0 Å². The fourth-order valence-corrected chi connectivity index (χ4v) is 4.33. The van der Waals surface area contributed by atoms with E-state index in [0.717, 1.165) is 27.3 Å². The minimum absolute atomic E-state index is 0.344. The Morgan fingerprint density at radius 3 is 2.31 bits per heavy atom. The van der Waals surface area contributed by atoms with Crippen molar-refractivity contribution in [1.82, 2.24) is 5.32 Å². The molecule has 6 nitrogen and oxygen atoms in total. The summed E-state index contributed by atoms with van der Waals surface area (Å²) < 4.78 is 31.6. The number of benzene rings is 3. The topological polar surface area (TPSA) is 75.7 Å². The van der Waals surface area contributed by atoms with Gasteiger partial charge in [-0.15, -0.1) is 0 Å². The van der Waals surface area contributed by atoms with Gasteiger partial charge in [0.05, 0.1) is 24.6 Å². The van der Waals surface area contributed by atoms with Crippen LogP contribution >= 0.6 is 0 Å². The maximum Gasteiger partial charge on any atom is 0.241 e. The number of hydrogen-bond donors (Lipinski definition) is 1. The van der Waals surface area contributed by atoms with E-state index in [1.165, 1.54) is 0 Å². The molecule has 0 saturated carbocycles. The molecule has 168 valence electrons. The molecule has 1 atom stereocenters. The number of nitrogens with zero attached hydrogens (tertiary/aromatic N) is 1. The smallest absolute Gasteiger partial charge is 0.241 e. The average Bonchev–Trinajstić information content (AvgIpc) is 2.76. The van der Waals surface area contributed by atoms with E-state index in [2.05, 4.69) is 5.32 Å². The highest BCUT2D eigenvalue weighted by atomic mass is 32.2. The van der Waals surface area contributed by atoms with Crippen LogP contribution in [0, 0.1) is 6.92 Å². The van der Waals surface area contributed by atoms with Crippen LogP contribution in [0.4, 0.5) is 5.69 Å². The molecular formula is C25H28N2O4S. The summed E-state index contributed by atoms with van der Waals surface area (Å²) >= 11 is 0. The third-order valence-electron chi connectivity index (χ3n) is 4.92. The predicted molar refractivity (Wildman–Crippen MR) is 127 cm³/mol. The molecular weight excluding hydrogens is 424 g/mol. The van der Waals surface area contributed by atoms with Gasteiger partial charge in [0.15, 0.2) is 0 Å². The van der Waals surface area contributed by atoms with E-state index in [1.54, 1.807) is 24.3 Å². The summed E-state index contributed by atoms with van der Waals surface area (Å²) in [5.41, 5.74) is 3.29. The Morgan fingerprint density at radius 1 is 0.969 bits per heavy atom. The van der Waals surface area contributed by atoms with Gasteiger partial charge in [-0.3, -0.25) is 9.10 Å². The standard InChI is InChI=1S/C25H28N2O4S/c1-4-31-23-15-9-14-22(17-23)27(32(3,29)30)18-24(28)26-25(20-11-6-5-7-12-20)21-13-8-10-19(2)16-21/h5-17,25H,4,18H2,1-3H3,(H,26,28). The molecule has 0 heterocycles. The molecule has 1 unspecified atom stereocenters. The second kappa shape index (κ2) is 10.3. The lowest BCUT2D eigenvalue weighted by Gasteiger charge is -2.25. The Hall–Kier alpha value is -3.32. The number of aryl methyl sites for hydroxylation is 1.